The molecule has 0 aromatic heterocycles. The molecule has 1 aliphatic heterocycles. The number of nitriles is 1. The van der Waals surface area contributed by atoms with Crippen LogP contribution in [0.25, 0.3) is 0 Å². The Morgan fingerprint density at radius 3 is 2.56 bits per heavy atom. The SMILES string of the molecule is CC(C)Oc1ccccc1N1CCN(C(=O)Nc2cccc(C#N)c2)CC1. The number of piperazine rings is 1. The van der Waals surface area contributed by atoms with E-state index in [1.807, 2.05) is 32.0 Å². The van der Waals surface area contributed by atoms with Crippen molar-refractivity contribution in [3.63, 3.8) is 0 Å². The van der Waals surface area contributed by atoms with Crippen molar-refractivity contribution < 1.29 is 9.53 Å². The zero-order valence-electron chi connectivity index (χ0n) is 15.7. The Hall–Kier alpha value is -3.20. The third kappa shape index (κ3) is 4.70. The van der Waals surface area contributed by atoms with Crippen molar-refractivity contribution in [1.29, 1.82) is 5.26 Å². The summed E-state index contributed by atoms with van der Waals surface area (Å²) in [7, 11) is 0. The van der Waals surface area contributed by atoms with Gasteiger partial charge < -0.3 is 19.9 Å². The van der Waals surface area contributed by atoms with Crippen molar-refractivity contribution in [3.8, 4) is 11.8 Å². The van der Waals surface area contributed by atoms with E-state index in [-0.39, 0.29) is 12.1 Å². The van der Waals surface area contributed by atoms with Crippen LogP contribution in [-0.2, 0) is 0 Å². The fourth-order valence-electron chi connectivity index (χ4n) is 3.09. The molecule has 1 fully saturated rings. The number of carbonyl (C=O) groups is 1. The molecule has 140 valence electrons. The van der Waals surface area contributed by atoms with Gasteiger partial charge in [0.05, 0.1) is 23.4 Å². The molecule has 0 bridgehead atoms. The van der Waals surface area contributed by atoms with Gasteiger partial charge in [-0.1, -0.05) is 18.2 Å². The average Bonchev–Trinajstić information content (AvgIpc) is 2.68. The highest BCUT2D eigenvalue weighted by Gasteiger charge is 2.23. The second-order valence-corrected chi connectivity index (χ2v) is 6.73. The number of nitrogens with zero attached hydrogens (tertiary/aromatic N) is 3. The molecule has 2 aromatic rings. The first kappa shape index (κ1) is 18.6. The molecule has 1 heterocycles. The Labute approximate surface area is 160 Å². The molecule has 2 amide bonds. The van der Waals surface area contributed by atoms with Crippen molar-refractivity contribution in [2.75, 3.05) is 36.4 Å². The molecule has 0 unspecified atom stereocenters. The molecule has 0 radical (unpaired) electrons. The van der Waals surface area contributed by atoms with Crippen LogP contribution in [-0.4, -0.2) is 43.2 Å². The largest absolute Gasteiger partial charge is 0.489 e. The normalized spacial score (nSPS) is 14.0. The second kappa shape index (κ2) is 8.45. The van der Waals surface area contributed by atoms with Crippen LogP contribution in [0.1, 0.15) is 19.4 Å². The number of carbonyl (C=O) groups excluding carboxylic acids is 1. The number of urea groups is 1. The van der Waals surface area contributed by atoms with Gasteiger partial charge in [-0.3, -0.25) is 0 Å². The van der Waals surface area contributed by atoms with Crippen molar-refractivity contribution in [2.45, 2.75) is 20.0 Å². The molecule has 1 aliphatic rings. The summed E-state index contributed by atoms with van der Waals surface area (Å²) in [6.07, 6.45) is 0.113. The predicted molar refractivity (Wildman–Crippen MR) is 106 cm³/mol. The van der Waals surface area contributed by atoms with Crippen molar-refractivity contribution in [3.05, 3.63) is 54.1 Å². The molecule has 0 atom stereocenters. The predicted octanol–water partition coefficient (Wildman–Crippen LogP) is 3.70. The first-order valence-corrected chi connectivity index (χ1v) is 9.13. The van der Waals surface area contributed by atoms with E-state index in [4.69, 9.17) is 10.00 Å². The highest BCUT2D eigenvalue weighted by Crippen LogP contribution is 2.29. The summed E-state index contributed by atoms with van der Waals surface area (Å²) in [6, 6.07) is 16.9. The van der Waals surface area contributed by atoms with E-state index in [0.717, 1.165) is 24.5 Å². The molecule has 3 rings (SSSR count). The molecular weight excluding hydrogens is 340 g/mol. The first-order chi connectivity index (χ1) is 13.1. The summed E-state index contributed by atoms with van der Waals surface area (Å²) in [5, 5.41) is 11.8. The molecular formula is C21H24N4O2. The van der Waals surface area contributed by atoms with Crippen LogP contribution >= 0.6 is 0 Å². The Bertz CT molecular complexity index is 836. The maximum atomic E-state index is 12.5. The summed E-state index contributed by atoms with van der Waals surface area (Å²) in [5.74, 6) is 0.874. The number of hydrogen-bond donors (Lipinski definition) is 1. The zero-order valence-corrected chi connectivity index (χ0v) is 15.7. The third-order valence-electron chi connectivity index (χ3n) is 4.38. The molecule has 0 spiro atoms. The van der Waals surface area contributed by atoms with Crippen molar-refractivity contribution in [2.24, 2.45) is 0 Å². The van der Waals surface area contributed by atoms with E-state index in [0.29, 0.717) is 24.3 Å². The molecule has 0 saturated carbocycles. The van der Waals surface area contributed by atoms with Gasteiger partial charge in [-0.15, -0.1) is 0 Å². The fourth-order valence-corrected chi connectivity index (χ4v) is 3.09. The summed E-state index contributed by atoms with van der Waals surface area (Å²) in [5.41, 5.74) is 2.23. The molecule has 27 heavy (non-hydrogen) atoms. The van der Waals surface area contributed by atoms with Gasteiger partial charge >= 0.3 is 6.03 Å². The topological polar surface area (TPSA) is 68.6 Å². The zero-order chi connectivity index (χ0) is 19.2. The Morgan fingerprint density at radius 1 is 1.11 bits per heavy atom. The van der Waals surface area contributed by atoms with Gasteiger partial charge in [0, 0.05) is 31.9 Å². The quantitative estimate of drug-likeness (QED) is 0.898. The minimum absolute atomic E-state index is 0.113. The smallest absolute Gasteiger partial charge is 0.321 e. The highest BCUT2D eigenvalue weighted by atomic mass is 16.5. The molecule has 6 heteroatoms. The van der Waals surface area contributed by atoms with Gasteiger partial charge in [0.1, 0.15) is 5.75 Å². The molecule has 6 nitrogen and oxygen atoms in total. The number of rotatable bonds is 4. The summed E-state index contributed by atoms with van der Waals surface area (Å²) >= 11 is 0. The van der Waals surface area contributed by atoms with Crippen LogP contribution in [0.15, 0.2) is 48.5 Å². The lowest BCUT2D eigenvalue weighted by atomic mass is 10.2. The minimum Gasteiger partial charge on any atom is -0.489 e. The van der Waals surface area contributed by atoms with Gasteiger partial charge in [0.15, 0.2) is 0 Å². The van der Waals surface area contributed by atoms with Crippen LogP contribution in [0.3, 0.4) is 0 Å². The number of hydrogen-bond acceptors (Lipinski definition) is 4. The van der Waals surface area contributed by atoms with Gasteiger partial charge in [-0.25, -0.2) is 4.79 Å². The lowest BCUT2D eigenvalue weighted by Crippen LogP contribution is -2.50. The third-order valence-corrected chi connectivity index (χ3v) is 4.38. The molecule has 1 N–H and O–H groups in total. The van der Waals surface area contributed by atoms with E-state index in [1.54, 1.807) is 29.2 Å². The number of nitrogens with one attached hydrogen (secondary N) is 1. The number of benzene rings is 2. The Kier molecular flexibility index (Phi) is 5.82. The van der Waals surface area contributed by atoms with E-state index in [2.05, 4.69) is 22.4 Å². The maximum absolute atomic E-state index is 12.5. The first-order valence-electron chi connectivity index (χ1n) is 9.13. The van der Waals surface area contributed by atoms with Crippen LogP contribution < -0.4 is 15.0 Å². The number of anilines is 2. The van der Waals surface area contributed by atoms with Crippen LogP contribution in [0.4, 0.5) is 16.2 Å². The molecule has 1 saturated heterocycles. The maximum Gasteiger partial charge on any atom is 0.321 e. The van der Waals surface area contributed by atoms with Gasteiger partial charge in [0.2, 0.25) is 0 Å². The lowest BCUT2D eigenvalue weighted by molar-refractivity contribution is 0.207. The highest BCUT2D eigenvalue weighted by molar-refractivity contribution is 5.89. The number of para-hydroxylation sites is 2. The van der Waals surface area contributed by atoms with Crippen LogP contribution in [0.2, 0.25) is 0 Å². The lowest BCUT2D eigenvalue weighted by Gasteiger charge is -2.36. The van der Waals surface area contributed by atoms with Gasteiger partial charge in [-0.2, -0.15) is 5.26 Å². The second-order valence-electron chi connectivity index (χ2n) is 6.73. The summed E-state index contributed by atoms with van der Waals surface area (Å²) < 4.78 is 5.91. The Balaban J connectivity index is 1.60. The van der Waals surface area contributed by atoms with Crippen LogP contribution in [0.5, 0.6) is 5.75 Å². The van der Waals surface area contributed by atoms with E-state index in [9.17, 15) is 4.79 Å². The van der Waals surface area contributed by atoms with Gasteiger partial charge in [-0.05, 0) is 44.2 Å². The monoisotopic (exact) mass is 364 g/mol. The van der Waals surface area contributed by atoms with Crippen molar-refractivity contribution in [1.82, 2.24) is 4.90 Å². The van der Waals surface area contributed by atoms with E-state index < -0.39 is 0 Å². The summed E-state index contributed by atoms with van der Waals surface area (Å²) in [4.78, 5) is 16.6. The van der Waals surface area contributed by atoms with Crippen molar-refractivity contribution >= 4 is 17.4 Å². The minimum atomic E-state index is -0.142. The Morgan fingerprint density at radius 2 is 1.85 bits per heavy atom. The van der Waals surface area contributed by atoms with E-state index in [1.165, 1.54) is 0 Å². The van der Waals surface area contributed by atoms with Crippen LogP contribution in [0, 0.1) is 11.3 Å². The molecule has 2 aromatic carbocycles. The fraction of sp³-hybridized carbons (Fsp3) is 0.333. The number of ether oxygens (including phenoxy) is 1. The summed E-state index contributed by atoms with van der Waals surface area (Å²) in [6.45, 7) is 6.76. The standard InChI is InChI=1S/C21H24N4O2/c1-16(2)27-20-9-4-3-8-19(20)24-10-12-25(13-11-24)21(26)23-18-7-5-6-17(14-18)15-22/h3-9,14,16H,10-13H2,1-2H3,(H,23,26). The molecule has 0 aliphatic carbocycles. The average molecular weight is 364 g/mol. The van der Waals surface area contributed by atoms with Gasteiger partial charge in [0.25, 0.3) is 0 Å². The number of amides is 2. The van der Waals surface area contributed by atoms with E-state index >= 15 is 0 Å².